The van der Waals surface area contributed by atoms with Crippen LogP contribution in [0.3, 0.4) is 0 Å². The normalized spacial score (nSPS) is 11.4. The van der Waals surface area contributed by atoms with Crippen molar-refractivity contribution in [3.8, 4) is 0 Å². The number of nitrogens with two attached hydrogens (primary N) is 1. The lowest BCUT2D eigenvalue weighted by Gasteiger charge is -2.09. The highest BCUT2D eigenvalue weighted by atomic mass is 32.1. The SMILES string of the molecule is CCNC(=NCc1csc(N(C)C)n1)NCc1ccc(C(N)=O)o1. The van der Waals surface area contributed by atoms with E-state index in [0.29, 0.717) is 24.8 Å². The van der Waals surface area contributed by atoms with Crippen LogP contribution in [0.15, 0.2) is 26.9 Å². The lowest BCUT2D eigenvalue weighted by Crippen LogP contribution is -2.36. The van der Waals surface area contributed by atoms with Gasteiger partial charge in [-0.15, -0.1) is 11.3 Å². The average Bonchev–Trinajstić information content (AvgIpc) is 3.19. The fourth-order valence-electron chi connectivity index (χ4n) is 1.85. The van der Waals surface area contributed by atoms with Gasteiger partial charge in [0.15, 0.2) is 16.9 Å². The molecular weight excluding hydrogens is 328 g/mol. The number of guanidine groups is 1. The summed E-state index contributed by atoms with van der Waals surface area (Å²) < 4.78 is 5.33. The van der Waals surface area contributed by atoms with Crippen molar-refractivity contribution in [2.75, 3.05) is 25.5 Å². The molecule has 0 aromatic carbocycles. The summed E-state index contributed by atoms with van der Waals surface area (Å²) in [4.78, 5) is 22.0. The van der Waals surface area contributed by atoms with Gasteiger partial charge in [-0.3, -0.25) is 4.79 Å². The molecule has 0 bridgehead atoms. The van der Waals surface area contributed by atoms with Crippen molar-refractivity contribution in [1.29, 1.82) is 0 Å². The Kier molecular flexibility index (Phi) is 6.19. The lowest BCUT2D eigenvalue weighted by molar-refractivity contribution is 0.0972. The number of amides is 1. The maximum absolute atomic E-state index is 11.0. The van der Waals surface area contributed by atoms with Gasteiger partial charge >= 0.3 is 0 Å². The predicted octanol–water partition coefficient (Wildman–Crippen LogP) is 1.16. The largest absolute Gasteiger partial charge is 0.454 e. The number of anilines is 1. The van der Waals surface area contributed by atoms with Crippen LogP contribution in [0.4, 0.5) is 5.13 Å². The Bertz CT molecular complexity index is 706. The Morgan fingerprint density at radius 3 is 2.79 bits per heavy atom. The first-order valence-electron chi connectivity index (χ1n) is 7.52. The highest BCUT2D eigenvalue weighted by Crippen LogP contribution is 2.18. The van der Waals surface area contributed by atoms with Gasteiger partial charge in [0.25, 0.3) is 5.91 Å². The third-order valence-electron chi connectivity index (χ3n) is 3.00. The number of thiazole rings is 1. The first-order chi connectivity index (χ1) is 11.5. The van der Waals surface area contributed by atoms with Crippen LogP contribution in [0.25, 0.3) is 0 Å². The standard InChI is InChI=1S/C15H22N6O2S/c1-4-17-14(18-7-10-9-24-15(20-10)21(2)3)19-8-11-5-6-12(23-11)13(16)22/h5-6,9H,4,7-8H2,1-3H3,(H2,16,22)(H2,17,18,19). The highest BCUT2D eigenvalue weighted by Gasteiger charge is 2.08. The molecule has 8 nitrogen and oxygen atoms in total. The molecule has 0 fully saturated rings. The molecule has 0 spiro atoms. The molecule has 0 saturated carbocycles. The summed E-state index contributed by atoms with van der Waals surface area (Å²) in [7, 11) is 3.92. The van der Waals surface area contributed by atoms with Crippen molar-refractivity contribution in [3.63, 3.8) is 0 Å². The van der Waals surface area contributed by atoms with Gasteiger partial charge < -0.3 is 25.7 Å². The fraction of sp³-hybridized carbons (Fsp3) is 0.400. The van der Waals surface area contributed by atoms with Crippen molar-refractivity contribution < 1.29 is 9.21 Å². The summed E-state index contributed by atoms with van der Waals surface area (Å²) in [5.41, 5.74) is 6.08. The molecule has 2 heterocycles. The average molecular weight is 350 g/mol. The number of furan rings is 1. The molecule has 0 radical (unpaired) electrons. The van der Waals surface area contributed by atoms with Crippen LogP contribution < -0.4 is 21.3 Å². The van der Waals surface area contributed by atoms with Crippen molar-refractivity contribution in [3.05, 3.63) is 34.7 Å². The topological polar surface area (TPSA) is 109 Å². The number of aliphatic imine (C=N–C) groups is 1. The second-order valence-electron chi connectivity index (χ2n) is 5.19. The predicted molar refractivity (Wildman–Crippen MR) is 95.3 cm³/mol. The molecule has 2 rings (SSSR count). The molecule has 9 heteroatoms. The fourth-order valence-corrected chi connectivity index (χ4v) is 2.60. The molecule has 2 aromatic rings. The first kappa shape index (κ1) is 17.8. The summed E-state index contributed by atoms with van der Waals surface area (Å²) in [6.45, 7) is 3.60. The minimum absolute atomic E-state index is 0.146. The van der Waals surface area contributed by atoms with Gasteiger partial charge in [0, 0.05) is 26.0 Å². The van der Waals surface area contributed by atoms with E-state index >= 15 is 0 Å². The summed E-state index contributed by atoms with van der Waals surface area (Å²) in [5.74, 6) is 0.821. The summed E-state index contributed by atoms with van der Waals surface area (Å²) in [5, 5.41) is 9.25. The number of carbonyl (C=O) groups excluding carboxylic acids is 1. The maximum atomic E-state index is 11.0. The molecule has 0 unspecified atom stereocenters. The van der Waals surface area contributed by atoms with Crippen LogP contribution >= 0.6 is 11.3 Å². The first-order valence-corrected chi connectivity index (χ1v) is 8.40. The Balaban J connectivity index is 1.95. The second-order valence-corrected chi connectivity index (χ2v) is 6.03. The zero-order valence-corrected chi connectivity index (χ0v) is 14.8. The molecule has 130 valence electrons. The molecule has 0 saturated heterocycles. The molecule has 0 aliphatic rings. The maximum Gasteiger partial charge on any atom is 0.284 e. The van der Waals surface area contributed by atoms with Crippen LogP contribution in [0.2, 0.25) is 0 Å². The molecule has 0 aliphatic carbocycles. The number of primary amides is 1. The molecule has 1 amide bonds. The van der Waals surface area contributed by atoms with Gasteiger partial charge in [0.05, 0.1) is 18.8 Å². The van der Waals surface area contributed by atoms with Gasteiger partial charge in [-0.25, -0.2) is 9.98 Å². The van der Waals surface area contributed by atoms with Gasteiger partial charge in [-0.05, 0) is 19.1 Å². The van der Waals surface area contributed by atoms with E-state index in [1.165, 1.54) is 0 Å². The number of rotatable bonds is 7. The zero-order chi connectivity index (χ0) is 17.5. The van der Waals surface area contributed by atoms with Crippen molar-refractivity contribution in [2.45, 2.75) is 20.0 Å². The van der Waals surface area contributed by atoms with Crippen LogP contribution in [-0.4, -0.2) is 37.5 Å². The number of nitrogens with one attached hydrogen (secondary N) is 2. The number of aromatic nitrogens is 1. The molecule has 24 heavy (non-hydrogen) atoms. The van der Waals surface area contributed by atoms with E-state index in [1.54, 1.807) is 23.5 Å². The van der Waals surface area contributed by atoms with E-state index in [-0.39, 0.29) is 5.76 Å². The van der Waals surface area contributed by atoms with Gasteiger partial charge in [0.2, 0.25) is 0 Å². The number of hydrogen-bond donors (Lipinski definition) is 3. The van der Waals surface area contributed by atoms with Crippen LogP contribution in [0, 0.1) is 0 Å². The van der Waals surface area contributed by atoms with E-state index in [0.717, 1.165) is 17.4 Å². The quantitative estimate of drug-likeness (QED) is 0.511. The van der Waals surface area contributed by atoms with Crippen molar-refractivity contribution >= 4 is 28.3 Å². The molecule has 4 N–H and O–H groups in total. The van der Waals surface area contributed by atoms with E-state index in [9.17, 15) is 4.79 Å². The third-order valence-corrected chi connectivity index (χ3v) is 4.06. The molecule has 2 aromatic heterocycles. The Labute approximate surface area is 144 Å². The lowest BCUT2D eigenvalue weighted by atomic mass is 10.4. The van der Waals surface area contributed by atoms with E-state index in [1.807, 2.05) is 31.3 Å². The van der Waals surface area contributed by atoms with Crippen LogP contribution in [0.5, 0.6) is 0 Å². The number of nitrogens with zero attached hydrogens (tertiary/aromatic N) is 3. The minimum atomic E-state index is -0.581. The number of hydrogen-bond acceptors (Lipinski definition) is 6. The molecular formula is C15H22N6O2S. The second kappa shape index (κ2) is 8.34. The van der Waals surface area contributed by atoms with E-state index < -0.39 is 5.91 Å². The summed E-state index contributed by atoms with van der Waals surface area (Å²) in [6, 6.07) is 3.27. The summed E-state index contributed by atoms with van der Waals surface area (Å²) in [6.07, 6.45) is 0. The Morgan fingerprint density at radius 1 is 1.42 bits per heavy atom. The zero-order valence-electron chi connectivity index (χ0n) is 14.0. The molecule has 0 aliphatic heterocycles. The van der Waals surface area contributed by atoms with Gasteiger partial charge in [0.1, 0.15) is 5.76 Å². The van der Waals surface area contributed by atoms with Crippen molar-refractivity contribution in [1.82, 2.24) is 15.6 Å². The van der Waals surface area contributed by atoms with Gasteiger partial charge in [-0.1, -0.05) is 0 Å². The highest BCUT2D eigenvalue weighted by molar-refractivity contribution is 7.13. The van der Waals surface area contributed by atoms with E-state index in [4.69, 9.17) is 10.2 Å². The number of carbonyl (C=O) groups is 1. The van der Waals surface area contributed by atoms with Crippen LogP contribution in [-0.2, 0) is 13.1 Å². The smallest absolute Gasteiger partial charge is 0.284 e. The Morgan fingerprint density at radius 2 is 2.21 bits per heavy atom. The molecule has 0 atom stereocenters. The summed E-state index contributed by atoms with van der Waals surface area (Å²) >= 11 is 1.58. The third kappa shape index (κ3) is 4.98. The monoisotopic (exact) mass is 350 g/mol. The Hall–Kier alpha value is -2.55. The van der Waals surface area contributed by atoms with Crippen molar-refractivity contribution in [2.24, 2.45) is 10.7 Å². The van der Waals surface area contributed by atoms with Crippen LogP contribution in [0.1, 0.15) is 28.9 Å². The minimum Gasteiger partial charge on any atom is -0.454 e. The van der Waals surface area contributed by atoms with E-state index in [2.05, 4.69) is 20.6 Å². The van der Waals surface area contributed by atoms with Gasteiger partial charge in [-0.2, -0.15) is 0 Å².